The third-order valence-electron chi connectivity index (χ3n) is 3.07. The highest BCUT2D eigenvalue weighted by molar-refractivity contribution is 4.96. The van der Waals surface area contributed by atoms with Crippen LogP contribution >= 0.6 is 0 Å². The van der Waals surface area contributed by atoms with Gasteiger partial charge in [0, 0.05) is 13.1 Å². The summed E-state index contributed by atoms with van der Waals surface area (Å²) in [5, 5.41) is 13.6. The average molecular weight is 256 g/mol. The van der Waals surface area contributed by atoms with Gasteiger partial charge in [-0.2, -0.15) is 4.98 Å². The molecule has 3 N–H and O–H groups in total. The van der Waals surface area contributed by atoms with Crippen LogP contribution < -0.4 is 5.73 Å². The molecule has 7 heteroatoms. The number of rotatable bonds is 5. The van der Waals surface area contributed by atoms with E-state index in [2.05, 4.69) is 22.0 Å². The summed E-state index contributed by atoms with van der Waals surface area (Å²) in [4.78, 5) is 6.45. The quantitative estimate of drug-likeness (QED) is 0.755. The standard InChI is InChI=1S/C11H20N4O3/c1-2-15-5-6-17-9(7-15)10-13-11(18-14-10)8(16)3-4-12/h8-9,16H,2-7,12H2,1H3/t8-,9?/m0/s1. The second-order valence-corrected chi connectivity index (χ2v) is 4.34. The lowest BCUT2D eigenvalue weighted by molar-refractivity contribution is -0.0334. The Hall–Kier alpha value is -1.02. The molecule has 0 radical (unpaired) electrons. The maximum atomic E-state index is 9.70. The topological polar surface area (TPSA) is 97.6 Å². The first-order valence-corrected chi connectivity index (χ1v) is 6.30. The molecule has 0 spiro atoms. The highest BCUT2D eigenvalue weighted by Gasteiger charge is 2.26. The van der Waals surface area contributed by atoms with Gasteiger partial charge in [0.2, 0.25) is 5.82 Å². The number of aromatic nitrogens is 2. The Morgan fingerprint density at radius 3 is 3.17 bits per heavy atom. The molecule has 2 rings (SSSR count). The number of nitrogens with two attached hydrogens (primary N) is 1. The van der Waals surface area contributed by atoms with Gasteiger partial charge >= 0.3 is 0 Å². The van der Waals surface area contributed by atoms with Crippen LogP contribution in [0.4, 0.5) is 0 Å². The molecule has 0 saturated carbocycles. The zero-order chi connectivity index (χ0) is 13.0. The van der Waals surface area contributed by atoms with Gasteiger partial charge in [0.1, 0.15) is 12.2 Å². The van der Waals surface area contributed by atoms with Crippen LogP contribution in [0.3, 0.4) is 0 Å². The fourth-order valence-electron chi connectivity index (χ4n) is 1.94. The van der Waals surface area contributed by atoms with E-state index in [1.54, 1.807) is 0 Å². The molecule has 1 saturated heterocycles. The average Bonchev–Trinajstić information content (AvgIpc) is 2.89. The summed E-state index contributed by atoms with van der Waals surface area (Å²) in [7, 11) is 0. The Bertz CT molecular complexity index is 371. The number of nitrogens with zero attached hydrogens (tertiary/aromatic N) is 3. The molecular formula is C11H20N4O3. The van der Waals surface area contributed by atoms with E-state index in [4.69, 9.17) is 15.0 Å². The second-order valence-electron chi connectivity index (χ2n) is 4.34. The first-order chi connectivity index (χ1) is 8.74. The predicted molar refractivity (Wildman–Crippen MR) is 63.7 cm³/mol. The van der Waals surface area contributed by atoms with Crippen molar-refractivity contribution in [1.29, 1.82) is 0 Å². The minimum absolute atomic E-state index is 0.179. The van der Waals surface area contributed by atoms with Gasteiger partial charge in [-0.1, -0.05) is 12.1 Å². The first kappa shape index (κ1) is 13.4. The molecule has 1 unspecified atom stereocenters. The number of hydrogen-bond donors (Lipinski definition) is 2. The summed E-state index contributed by atoms with van der Waals surface area (Å²) in [6, 6.07) is 0. The summed E-state index contributed by atoms with van der Waals surface area (Å²) in [5.74, 6) is 0.715. The maximum absolute atomic E-state index is 9.70. The van der Waals surface area contributed by atoms with Gasteiger partial charge in [-0.05, 0) is 19.5 Å². The van der Waals surface area contributed by atoms with E-state index >= 15 is 0 Å². The number of aliphatic hydroxyl groups is 1. The van der Waals surface area contributed by atoms with E-state index in [-0.39, 0.29) is 12.0 Å². The van der Waals surface area contributed by atoms with Crippen LogP contribution in [0, 0.1) is 0 Å². The molecular weight excluding hydrogens is 236 g/mol. The molecule has 0 aromatic carbocycles. The minimum Gasteiger partial charge on any atom is -0.383 e. The highest BCUT2D eigenvalue weighted by atomic mass is 16.5. The van der Waals surface area contributed by atoms with Gasteiger partial charge in [-0.25, -0.2) is 0 Å². The van der Waals surface area contributed by atoms with Gasteiger partial charge < -0.3 is 20.1 Å². The van der Waals surface area contributed by atoms with E-state index in [0.29, 0.717) is 25.4 Å². The summed E-state index contributed by atoms with van der Waals surface area (Å²) in [5.41, 5.74) is 5.37. The van der Waals surface area contributed by atoms with E-state index in [9.17, 15) is 5.11 Å². The van der Waals surface area contributed by atoms with Crippen molar-refractivity contribution < 1.29 is 14.4 Å². The van der Waals surface area contributed by atoms with Crippen molar-refractivity contribution in [2.45, 2.75) is 25.6 Å². The zero-order valence-electron chi connectivity index (χ0n) is 10.6. The number of morpholine rings is 1. The number of likely N-dealkylation sites (N-methyl/N-ethyl adjacent to an activating group) is 1. The van der Waals surface area contributed by atoms with Crippen molar-refractivity contribution in [3.63, 3.8) is 0 Å². The summed E-state index contributed by atoms with van der Waals surface area (Å²) in [6.45, 7) is 5.79. The monoisotopic (exact) mass is 256 g/mol. The third-order valence-corrected chi connectivity index (χ3v) is 3.07. The predicted octanol–water partition coefficient (Wildman–Crippen LogP) is -0.155. The van der Waals surface area contributed by atoms with Gasteiger partial charge in [0.25, 0.3) is 5.89 Å². The summed E-state index contributed by atoms with van der Waals surface area (Å²) in [6.07, 6.45) is -0.558. The van der Waals surface area contributed by atoms with Crippen LogP contribution in [-0.4, -0.2) is 52.9 Å². The van der Waals surface area contributed by atoms with Crippen molar-refractivity contribution in [3.05, 3.63) is 11.7 Å². The Morgan fingerprint density at radius 1 is 1.61 bits per heavy atom. The molecule has 2 atom stereocenters. The van der Waals surface area contributed by atoms with Gasteiger partial charge in [0.05, 0.1) is 6.61 Å². The molecule has 0 amide bonds. The van der Waals surface area contributed by atoms with Crippen molar-refractivity contribution in [1.82, 2.24) is 15.0 Å². The molecule has 7 nitrogen and oxygen atoms in total. The normalized spacial score (nSPS) is 23.2. The fraction of sp³-hybridized carbons (Fsp3) is 0.818. The van der Waals surface area contributed by atoms with Gasteiger partial charge in [-0.15, -0.1) is 0 Å². The second kappa shape index (κ2) is 6.24. The molecule has 1 aliphatic heterocycles. The Labute approximate surface area is 106 Å². The van der Waals surface area contributed by atoms with E-state index in [0.717, 1.165) is 19.6 Å². The van der Waals surface area contributed by atoms with Crippen LogP contribution in [0.1, 0.15) is 37.3 Å². The molecule has 2 heterocycles. The lowest BCUT2D eigenvalue weighted by atomic mass is 10.2. The maximum Gasteiger partial charge on any atom is 0.255 e. The molecule has 1 aliphatic rings. The molecule has 1 aromatic rings. The molecule has 1 fully saturated rings. The van der Waals surface area contributed by atoms with Crippen molar-refractivity contribution in [2.24, 2.45) is 5.73 Å². The molecule has 0 bridgehead atoms. The highest BCUT2D eigenvalue weighted by Crippen LogP contribution is 2.22. The Kier molecular flexibility index (Phi) is 4.65. The van der Waals surface area contributed by atoms with E-state index < -0.39 is 6.10 Å². The third kappa shape index (κ3) is 3.05. The number of hydrogen-bond acceptors (Lipinski definition) is 7. The van der Waals surface area contributed by atoms with Gasteiger partial charge in [-0.3, -0.25) is 4.90 Å². The van der Waals surface area contributed by atoms with Crippen LogP contribution in [0.15, 0.2) is 4.52 Å². The Balaban J connectivity index is 2.00. The fourth-order valence-corrected chi connectivity index (χ4v) is 1.94. The van der Waals surface area contributed by atoms with Crippen molar-refractivity contribution >= 4 is 0 Å². The largest absolute Gasteiger partial charge is 0.383 e. The molecule has 102 valence electrons. The minimum atomic E-state index is -0.790. The van der Waals surface area contributed by atoms with Gasteiger partial charge in [0.15, 0.2) is 0 Å². The van der Waals surface area contributed by atoms with Crippen molar-refractivity contribution in [3.8, 4) is 0 Å². The first-order valence-electron chi connectivity index (χ1n) is 6.30. The number of ether oxygens (including phenoxy) is 1. The molecule has 1 aromatic heterocycles. The van der Waals surface area contributed by atoms with E-state index in [1.165, 1.54) is 0 Å². The van der Waals surface area contributed by atoms with Crippen LogP contribution in [0.5, 0.6) is 0 Å². The SMILES string of the molecule is CCN1CCOC(c2noc([C@@H](O)CCN)n2)C1. The van der Waals surface area contributed by atoms with Crippen LogP contribution in [0.25, 0.3) is 0 Å². The smallest absolute Gasteiger partial charge is 0.255 e. The van der Waals surface area contributed by atoms with Crippen LogP contribution in [-0.2, 0) is 4.74 Å². The lowest BCUT2D eigenvalue weighted by Gasteiger charge is -2.30. The van der Waals surface area contributed by atoms with E-state index in [1.807, 2.05) is 0 Å². The molecule has 0 aliphatic carbocycles. The molecule has 18 heavy (non-hydrogen) atoms. The zero-order valence-corrected chi connectivity index (χ0v) is 10.6. The van der Waals surface area contributed by atoms with Crippen LogP contribution in [0.2, 0.25) is 0 Å². The summed E-state index contributed by atoms with van der Waals surface area (Å²) < 4.78 is 10.7. The van der Waals surface area contributed by atoms with Crippen molar-refractivity contribution in [2.75, 3.05) is 32.8 Å². The Morgan fingerprint density at radius 2 is 2.44 bits per heavy atom. The lowest BCUT2D eigenvalue weighted by Crippen LogP contribution is -2.38. The number of aliphatic hydroxyl groups excluding tert-OH is 1. The summed E-state index contributed by atoms with van der Waals surface area (Å²) >= 11 is 0.